The number of hydrogen-bond acceptors (Lipinski definition) is 4. The van der Waals surface area contributed by atoms with Gasteiger partial charge in [-0.3, -0.25) is 10.6 Å². The first-order valence-corrected chi connectivity index (χ1v) is 6.03. The van der Waals surface area contributed by atoms with Crippen LogP contribution in [0.3, 0.4) is 0 Å². The van der Waals surface area contributed by atoms with Crippen molar-refractivity contribution in [2.75, 3.05) is 10.7 Å². The Hall–Kier alpha value is -2.84. The fraction of sp³-hybridized carbons (Fsp3) is 0.0667. The topological polar surface area (TPSA) is 90.9 Å². The van der Waals surface area contributed by atoms with E-state index < -0.39 is 0 Å². The Morgan fingerprint density at radius 2 is 2.00 bits per heavy atom. The molecule has 0 bridgehead atoms. The molecule has 5 nitrogen and oxygen atoms in total. The molecule has 0 unspecified atom stereocenters. The molecule has 0 aliphatic carbocycles. The lowest BCUT2D eigenvalue weighted by molar-refractivity contribution is 0.102. The number of amides is 1. The molecule has 4 N–H and O–H groups in total. The number of aryl methyl sites for hydroxylation is 1. The molecular formula is C15H14N4O. The Balaban J connectivity index is 2.22. The van der Waals surface area contributed by atoms with Gasteiger partial charge in [0.25, 0.3) is 5.91 Å². The van der Waals surface area contributed by atoms with Gasteiger partial charge >= 0.3 is 0 Å². The quantitative estimate of drug-likeness (QED) is 0.587. The molecular weight excluding hydrogens is 252 g/mol. The molecule has 0 atom stereocenters. The highest BCUT2D eigenvalue weighted by molar-refractivity contribution is 6.05. The second-order valence-corrected chi connectivity index (χ2v) is 4.32. The van der Waals surface area contributed by atoms with Gasteiger partial charge in [-0.25, -0.2) is 0 Å². The normalized spacial score (nSPS) is 9.65. The van der Waals surface area contributed by atoms with Gasteiger partial charge in [-0.1, -0.05) is 6.07 Å². The van der Waals surface area contributed by atoms with Gasteiger partial charge in [-0.2, -0.15) is 5.26 Å². The van der Waals surface area contributed by atoms with E-state index in [2.05, 4.69) is 10.7 Å². The maximum atomic E-state index is 12.2. The maximum Gasteiger partial charge on any atom is 0.255 e. The molecule has 0 aliphatic heterocycles. The van der Waals surface area contributed by atoms with Crippen LogP contribution in [0.5, 0.6) is 0 Å². The molecule has 2 aromatic rings. The number of rotatable bonds is 3. The standard InChI is InChI=1S/C15H14N4O/c1-10-7-13(19-17)5-6-14(10)15(20)18-12-4-2-3-11(8-12)9-16/h2-8,19H,17H2,1H3,(H,18,20). The zero-order valence-electron chi connectivity index (χ0n) is 11.0. The highest BCUT2D eigenvalue weighted by atomic mass is 16.1. The zero-order chi connectivity index (χ0) is 14.5. The number of nitrogens with one attached hydrogen (secondary N) is 2. The summed E-state index contributed by atoms with van der Waals surface area (Å²) in [4.78, 5) is 12.2. The molecule has 0 aromatic heterocycles. The number of nitrogens with two attached hydrogens (primary N) is 1. The molecule has 2 rings (SSSR count). The summed E-state index contributed by atoms with van der Waals surface area (Å²) in [5.41, 5.74) is 5.74. The van der Waals surface area contributed by atoms with Crippen LogP contribution in [0.2, 0.25) is 0 Å². The SMILES string of the molecule is Cc1cc(NN)ccc1C(=O)Nc1cccc(C#N)c1. The molecule has 1 amide bonds. The predicted octanol–water partition coefficient (Wildman–Crippen LogP) is 2.40. The Labute approximate surface area is 117 Å². The fourth-order valence-electron chi connectivity index (χ4n) is 1.87. The zero-order valence-corrected chi connectivity index (χ0v) is 11.0. The highest BCUT2D eigenvalue weighted by Gasteiger charge is 2.10. The van der Waals surface area contributed by atoms with Crippen LogP contribution >= 0.6 is 0 Å². The molecule has 5 heteroatoms. The molecule has 100 valence electrons. The van der Waals surface area contributed by atoms with Crippen LogP contribution in [-0.4, -0.2) is 5.91 Å². The second kappa shape index (κ2) is 5.87. The van der Waals surface area contributed by atoms with E-state index in [4.69, 9.17) is 11.1 Å². The molecule has 20 heavy (non-hydrogen) atoms. The van der Waals surface area contributed by atoms with Crippen molar-refractivity contribution < 1.29 is 4.79 Å². The Morgan fingerprint density at radius 3 is 2.65 bits per heavy atom. The number of carbonyl (C=O) groups excluding carboxylic acids is 1. The summed E-state index contributed by atoms with van der Waals surface area (Å²) in [6, 6.07) is 14.0. The second-order valence-electron chi connectivity index (χ2n) is 4.32. The van der Waals surface area contributed by atoms with Crippen LogP contribution in [0.4, 0.5) is 11.4 Å². The number of nitrogens with zero attached hydrogens (tertiary/aromatic N) is 1. The van der Waals surface area contributed by atoms with Crippen molar-refractivity contribution in [1.82, 2.24) is 0 Å². The lowest BCUT2D eigenvalue weighted by Crippen LogP contribution is -2.14. The first-order chi connectivity index (χ1) is 9.63. The Bertz CT molecular complexity index is 689. The van der Waals surface area contributed by atoms with Crippen LogP contribution in [0.1, 0.15) is 21.5 Å². The van der Waals surface area contributed by atoms with E-state index in [0.29, 0.717) is 16.8 Å². The number of benzene rings is 2. The summed E-state index contributed by atoms with van der Waals surface area (Å²) in [5, 5.41) is 11.6. The third-order valence-corrected chi connectivity index (χ3v) is 2.89. The predicted molar refractivity (Wildman–Crippen MR) is 78.1 cm³/mol. The first-order valence-electron chi connectivity index (χ1n) is 6.03. The van der Waals surface area contributed by atoms with Crippen LogP contribution in [0.15, 0.2) is 42.5 Å². The van der Waals surface area contributed by atoms with Crippen molar-refractivity contribution >= 4 is 17.3 Å². The Morgan fingerprint density at radius 1 is 1.20 bits per heavy atom. The van der Waals surface area contributed by atoms with Gasteiger partial charge in [0.2, 0.25) is 0 Å². The highest BCUT2D eigenvalue weighted by Crippen LogP contribution is 2.17. The van der Waals surface area contributed by atoms with Gasteiger partial charge < -0.3 is 10.7 Å². The lowest BCUT2D eigenvalue weighted by Gasteiger charge is -2.09. The Kier molecular flexibility index (Phi) is 3.99. The van der Waals surface area contributed by atoms with Crippen LogP contribution in [-0.2, 0) is 0 Å². The minimum atomic E-state index is -0.221. The van der Waals surface area contributed by atoms with E-state index in [1.807, 2.05) is 13.0 Å². The number of nitrogen functional groups attached to an aromatic ring is 1. The summed E-state index contributed by atoms with van der Waals surface area (Å²) in [6.45, 7) is 1.83. The molecule has 0 radical (unpaired) electrons. The van der Waals surface area contributed by atoms with Gasteiger partial charge in [0, 0.05) is 16.9 Å². The summed E-state index contributed by atoms with van der Waals surface area (Å²) in [5.74, 6) is 5.10. The van der Waals surface area contributed by atoms with Gasteiger partial charge in [-0.05, 0) is 48.9 Å². The summed E-state index contributed by atoms with van der Waals surface area (Å²) in [6.07, 6.45) is 0. The van der Waals surface area contributed by atoms with E-state index in [1.165, 1.54) is 0 Å². The molecule has 0 saturated carbocycles. The fourth-order valence-corrected chi connectivity index (χ4v) is 1.87. The van der Waals surface area contributed by atoms with Crippen molar-refractivity contribution in [3.05, 3.63) is 59.2 Å². The summed E-state index contributed by atoms with van der Waals surface area (Å²) in [7, 11) is 0. The number of nitriles is 1. The van der Waals surface area contributed by atoms with E-state index >= 15 is 0 Å². The largest absolute Gasteiger partial charge is 0.324 e. The molecule has 0 aliphatic rings. The van der Waals surface area contributed by atoms with Gasteiger partial charge in [-0.15, -0.1) is 0 Å². The van der Waals surface area contributed by atoms with Crippen molar-refractivity contribution in [1.29, 1.82) is 5.26 Å². The molecule has 0 heterocycles. The van der Waals surface area contributed by atoms with Crippen LogP contribution < -0.4 is 16.6 Å². The molecule has 0 spiro atoms. The summed E-state index contributed by atoms with van der Waals surface area (Å²) >= 11 is 0. The minimum Gasteiger partial charge on any atom is -0.324 e. The van der Waals surface area contributed by atoms with Crippen molar-refractivity contribution in [3.8, 4) is 6.07 Å². The smallest absolute Gasteiger partial charge is 0.255 e. The van der Waals surface area contributed by atoms with Gasteiger partial charge in [0.1, 0.15) is 0 Å². The molecule has 2 aromatic carbocycles. The van der Waals surface area contributed by atoms with E-state index in [0.717, 1.165) is 11.3 Å². The molecule has 0 fully saturated rings. The van der Waals surface area contributed by atoms with E-state index in [9.17, 15) is 4.79 Å². The number of hydrogen-bond donors (Lipinski definition) is 3. The summed E-state index contributed by atoms with van der Waals surface area (Å²) < 4.78 is 0. The van der Waals surface area contributed by atoms with Gasteiger partial charge in [0.15, 0.2) is 0 Å². The van der Waals surface area contributed by atoms with Gasteiger partial charge in [0.05, 0.1) is 11.6 Å². The van der Waals surface area contributed by atoms with Crippen LogP contribution in [0.25, 0.3) is 0 Å². The van der Waals surface area contributed by atoms with Crippen molar-refractivity contribution in [3.63, 3.8) is 0 Å². The van der Waals surface area contributed by atoms with E-state index in [-0.39, 0.29) is 5.91 Å². The van der Waals surface area contributed by atoms with Crippen molar-refractivity contribution in [2.24, 2.45) is 5.84 Å². The average molecular weight is 266 g/mol. The first kappa shape index (κ1) is 13.6. The number of hydrazine groups is 1. The molecule has 0 saturated heterocycles. The third-order valence-electron chi connectivity index (χ3n) is 2.89. The van der Waals surface area contributed by atoms with Crippen molar-refractivity contribution in [2.45, 2.75) is 6.92 Å². The van der Waals surface area contributed by atoms with Crippen LogP contribution in [0, 0.1) is 18.3 Å². The lowest BCUT2D eigenvalue weighted by atomic mass is 10.1. The number of carbonyl (C=O) groups is 1. The monoisotopic (exact) mass is 266 g/mol. The maximum absolute atomic E-state index is 12.2. The third kappa shape index (κ3) is 2.94. The van der Waals surface area contributed by atoms with E-state index in [1.54, 1.807) is 42.5 Å². The number of anilines is 2. The minimum absolute atomic E-state index is 0.221. The average Bonchev–Trinajstić information content (AvgIpc) is 2.47.